The third kappa shape index (κ3) is 4.74. The second-order valence-electron chi connectivity index (χ2n) is 6.01. The molecule has 0 radical (unpaired) electrons. The van der Waals surface area contributed by atoms with Gasteiger partial charge < -0.3 is 0 Å². The van der Waals surface area contributed by atoms with Crippen LogP contribution in [0.1, 0.15) is 27.7 Å². The molecule has 0 heterocycles. The number of ketones is 1. The van der Waals surface area contributed by atoms with E-state index in [-0.39, 0.29) is 22.4 Å². The molecule has 25 heavy (non-hydrogen) atoms. The fraction of sp³-hybridized carbons (Fsp3) is 0.278. The minimum absolute atomic E-state index is 0.0432. The van der Waals surface area contributed by atoms with Crippen molar-refractivity contribution in [2.24, 2.45) is 15.3 Å². The maximum absolute atomic E-state index is 12.3. The molecular weight excluding hydrogens is 360 g/mol. The van der Waals surface area contributed by atoms with Gasteiger partial charge in [0, 0.05) is 5.02 Å². The van der Waals surface area contributed by atoms with Crippen LogP contribution in [0.3, 0.4) is 0 Å². The smallest absolute Gasteiger partial charge is 0.283 e. The summed E-state index contributed by atoms with van der Waals surface area (Å²) in [5.41, 5.74) is 1.87. The number of benzene rings is 1. The zero-order valence-electron chi connectivity index (χ0n) is 14.4. The Balaban J connectivity index is 2.42. The summed E-state index contributed by atoms with van der Waals surface area (Å²) >= 11 is 5.77. The summed E-state index contributed by atoms with van der Waals surface area (Å²) in [5, 5.41) is 0.444. The van der Waals surface area contributed by atoms with E-state index in [1.165, 1.54) is 31.2 Å². The molecule has 0 aliphatic heterocycles. The topological polar surface area (TPSA) is 75.9 Å². The Bertz CT molecular complexity index is 922. The van der Waals surface area contributed by atoms with Crippen molar-refractivity contribution in [3.8, 4) is 0 Å². The summed E-state index contributed by atoms with van der Waals surface area (Å²) in [6, 6.07) is 5.77. The van der Waals surface area contributed by atoms with Crippen molar-refractivity contribution in [2.45, 2.75) is 32.6 Å². The quantitative estimate of drug-likeness (QED) is 0.453. The van der Waals surface area contributed by atoms with Gasteiger partial charge in [0.15, 0.2) is 5.78 Å². The minimum atomic E-state index is -3.87. The summed E-state index contributed by atoms with van der Waals surface area (Å²) in [6.45, 7) is 7.10. The van der Waals surface area contributed by atoms with E-state index in [2.05, 4.69) is 9.39 Å². The van der Waals surface area contributed by atoms with Gasteiger partial charge in [-0.05, 0) is 67.3 Å². The first-order valence-electron chi connectivity index (χ1n) is 7.70. The molecule has 2 rings (SSSR count). The Morgan fingerprint density at radius 1 is 1.12 bits per heavy atom. The minimum Gasteiger partial charge on any atom is -0.290 e. The van der Waals surface area contributed by atoms with E-state index in [1.54, 1.807) is 19.1 Å². The number of amidine groups is 1. The van der Waals surface area contributed by atoms with Gasteiger partial charge in [-0.25, -0.2) is 4.99 Å². The first-order chi connectivity index (χ1) is 11.6. The van der Waals surface area contributed by atoms with Crippen LogP contribution in [0, 0.1) is 5.92 Å². The molecule has 7 heteroatoms. The standard InChI is InChI=1S/C18H19ClN2O3S/c1-11(2)16-10-18(22)12(3)9-17(16)20-13(4)21-25(23,24)15-7-5-14(19)6-8-15/h5-11H,1-4H3. The predicted molar refractivity (Wildman–Crippen MR) is 101 cm³/mol. The van der Waals surface area contributed by atoms with Gasteiger partial charge in [0.2, 0.25) is 0 Å². The molecule has 0 saturated carbocycles. The fourth-order valence-electron chi connectivity index (χ4n) is 2.28. The fourth-order valence-corrected chi connectivity index (χ4v) is 3.38. The summed E-state index contributed by atoms with van der Waals surface area (Å²) in [7, 11) is -3.87. The van der Waals surface area contributed by atoms with Gasteiger partial charge in [0.25, 0.3) is 10.0 Å². The maximum atomic E-state index is 12.3. The lowest BCUT2D eigenvalue weighted by Gasteiger charge is -2.16. The van der Waals surface area contributed by atoms with E-state index < -0.39 is 10.0 Å². The second kappa shape index (κ2) is 7.45. The Labute approximate surface area is 152 Å². The SMILES string of the molecule is CC1=CC(=NC(C)=NS(=O)(=O)c2ccc(Cl)cc2)C(C(C)C)=CC1=O. The number of carbonyl (C=O) groups excluding carboxylic acids is 1. The van der Waals surface area contributed by atoms with Crippen molar-refractivity contribution in [2.75, 3.05) is 0 Å². The van der Waals surface area contributed by atoms with Gasteiger partial charge in [-0.3, -0.25) is 4.79 Å². The van der Waals surface area contributed by atoms with Crippen LogP contribution in [0.5, 0.6) is 0 Å². The van der Waals surface area contributed by atoms with Gasteiger partial charge in [0.05, 0.1) is 10.6 Å². The molecule has 1 aliphatic carbocycles. The van der Waals surface area contributed by atoms with Crippen molar-refractivity contribution in [3.63, 3.8) is 0 Å². The summed E-state index contributed by atoms with van der Waals surface area (Å²) in [6.07, 6.45) is 3.20. The second-order valence-corrected chi connectivity index (χ2v) is 8.05. The monoisotopic (exact) mass is 378 g/mol. The van der Waals surface area contributed by atoms with Crippen LogP contribution in [0.15, 0.2) is 61.8 Å². The number of nitrogens with zero attached hydrogens (tertiary/aromatic N) is 2. The number of hydrogen-bond acceptors (Lipinski definition) is 3. The molecule has 0 unspecified atom stereocenters. The van der Waals surface area contributed by atoms with Gasteiger partial charge in [-0.1, -0.05) is 25.4 Å². The summed E-state index contributed by atoms with van der Waals surface area (Å²) in [4.78, 5) is 16.2. The first kappa shape index (κ1) is 19.3. The average molecular weight is 379 g/mol. The molecule has 0 N–H and O–H groups in total. The molecule has 0 atom stereocenters. The molecule has 0 amide bonds. The third-order valence-corrected chi connectivity index (χ3v) is 5.22. The number of halogens is 1. The molecule has 0 aromatic heterocycles. The lowest BCUT2D eigenvalue weighted by molar-refractivity contribution is -0.111. The van der Waals surface area contributed by atoms with Crippen molar-refractivity contribution >= 4 is 39.0 Å². The average Bonchev–Trinajstić information content (AvgIpc) is 2.50. The Morgan fingerprint density at radius 2 is 1.72 bits per heavy atom. The highest BCUT2D eigenvalue weighted by atomic mass is 35.5. The lowest BCUT2D eigenvalue weighted by Crippen LogP contribution is -2.17. The van der Waals surface area contributed by atoms with Crippen LogP contribution in [0.4, 0.5) is 0 Å². The number of carbonyl (C=O) groups is 1. The van der Waals surface area contributed by atoms with Crippen LogP contribution in [-0.4, -0.2) is 25.7 Å². The van der Waals surface area contributed by atoms with Crippen molar-refractivity contribution < 1.29 is 13.2 Å². The largest absolute Gasteiger partial charge is 0.290 e. The van der Waals surface area contributed by atoms with Crippen LogP contribution in [0.2, 0.25) is 5.02 Å². The normalized spacial score (nSPS) is 17.8. The Hall–Kier alpha value is -2.05. The Kier molecular flexibility index (Phi) is 5.75. The van der Waals surface area contributed by atoms with Crippen LogP contribution >= 0.6 is 11.6 Å². The van der Waals surface area contributed by atoms with Crippen molar-refractivity contribution in [1.29, 1.82) is 0 Å². The predicted octanol–water partition coefficient (Wildman–Crippen LogP) is 4.00. The van der Waals surface area contributed by atoms with E-state index in [1.807, 2.05) is 13.8 Å². The van der Waals surface area contributed by atoms with Crippen molar-refractivity contribution in [3.05, 3.63) is 52.6 Å². The number of allylic oxidation sites excluding steroid dienone is 4. The van der Waals surface area contributed by atoms with Crippen LogP contribution in [-0.2, 0) is 14.8 Å². The molecular formula is C18H19ClN2O3S. The van der Waals surface area contributed by atoms with Gasteiger partial charge >= 0.3 is 0 Å². The number of aliphatic imine (C=N–C) groups is 1. The van der Waals surface area contributed by atoms with Crippen LogP contribution < -0.4 is 0 Å². The molecule has 0 bridgehead atoms. The zero-order valence-corrected chi connectivity index (χ0v) is 16.0. The number of rotatable bonds is 3. The van der Waals surface area contributed by atoms with Gasteiger partial charge in [0.1, 0.15) is 5.84 Å². The number of hydrogen-bond donors (Lipinski definition) is 0. The first-order valence-corrected chi connectivity index (χ1v) is 9.52. The van der Waals surface area contributed by atoms with E-state index in [0.717, 1.165) is 5.57 Å². The highest BCUT2D eigenvalue weighted by Gasteiger charge is 2.19. The summed E-state index contributed by atoms with van der Waals surface area (Å²) < 4.78 is 28.4. The van der Waals surface area contributed by atoms with E-state index in [9.17, 15) is 13.2 Å². The summed E-state index contributed by atoms with van der Waals surface area (Å²) in [5.74, 6) is 0.105. The highest BCUT2D eigenvalue weighted by molar-refractivity contribution is 7.90. The number of sulfonamides is 1. The molecule has 5 nitrogen and oxygen atoms in total. The van der Waals surface area contributed by atoms with E-state index in [0.29, 0.717) is 16.3 Å². The third-order valence-electron chi connectivity index (χ3n) is 3.59. The van der Waals surface area contributed by atoms with Crippen molar-refractivity contribution in [1.82, 2.24) is 0 Å². The molecule has 0 saturated heterocycles. The van der Waals surface area contributed by atoms with E-state index in [4.69, 9.17) is 11.6 Å². The molecule has 1 aliphatic rings. The van der Waals surface area contributed by atoms with Gasteiger partial charge in [-0.15, -0.1) is 4.40 Å². The van der Waals surface area contributed by atoms with Gasteiger partial charge in [-0.2, -0.15) is 8.42 Å². The highest BCUT2D eigenvalue weighted by Crippen LogP contribution is 2.21. The lowest BCUT2D eigenvalue weighted by atomic mass is 9.90. The Morgan fingerprint density at radius 3 is 2.28 bits per heavy atom. The molecule has 0 spiro atoms. The molecule has 1 aromatic carbocycles. The zero-order chi connectivity index (χ0) is 18.8. The molecule has 0 fully saturated rings. The van der Waals surface area contributed by atoms with Crippen LogP contribution in [0.25, 0.3) is 0 Å². The van der Waals surface area contributed by atoms with E-state index >= 15 is 0 Å². The molecule has 132 valence electrons. The molecule has 1 aromatic rings. The maximum Gasteiger partial charge on any atom is 0.283 e.